The summed E-state index contributed by atoms with van der Waals surface area (Å²) in [5, 5.41) is 10.7. The molecule has 0 unspecified atom stereocenters. The Kier molecular flexibility index (Phi) is 7.58. The standard InChI is InChI=1S/C25H35N3O3/c1-26(15-20-6-8-23(30-2)9-7-20)24-18-28(19-25(24)29)17-22-5-3-4-21(14-22)16-27-10-12-31-13-11-27/h3-9,14,24-25,29H,10-13,15-19H2,1-2H3/t24-,25-/m0/s1. The average Bonchev–Trinajstić information content (AvgIpc) is 3.15. The summed E-state index contributed by atoms with van der Waals surface area (Å²) in [6, 6.07) is 17.2. The molecule has 0 saturated carbocycles. The van der Waals surface area contributed by atoms with E-state index in [9.17, 15) is 5.11 Å². The van der Waals surface area contributed by atoms with Crippen LogP contribution in [0.1, 0.15) is 16.7 Å². The van der Waals surface area contributed by atoms with Gasteiger partial charge in [-0.3, -0.25) is 14.7 Å². The highest BCUT2D eigenvalue weighted by molar-refractivity contribution is 5.27. The van der Waals surface area contributed by atoms with Crippen molar-refractivity contribution in [3.8, 4) is 5.75 Å². The Morgan fingerprint density at radius 2 is 1.65 bits per heavy atom. The average molecular weight is 426 g/mol. The molecule has 2 aromatic rings. The first-order chi connectivity index (χ1) is 15.1. The number of hydrogen-bond donors (Lipinski definition) is 1. The largest absolute Gasteiger partial charge is 0.497 e. The number of likely N-dealkylation sites (tertiary alicyclic amines) is 1. The number of rotatable bonds is 8. The summed E-state index contributed by atoms with van der Waals surface area (Å²) < 4.78 is 10.7. The molecule has 2 heterocycles. The smallest absolute Gasteiger partial charge is 0.118 e. The Hall–Kier alpha value is -1.96. The van der Waals surface area contributed by atoms with Crippen LogP contribution in [0.4, 0.5) is 0 Å². The molecule has 0 spiro atoms. The van der Waals surface area contributed by atoms with Crippen LogP contribution in [-0.2, 0) is 24.4 Å². The first-order valence-corrected chi connectivity index (χ1v) is 11.2. The van der Waals surface area contributed by atoms with E-state index in [1.807, 2.05) is 12.1 Å². The van der Waals surface area contributed by atoms with Crippen LogP contribution >= 0.6 is 0 Å². The SMILES string of the molecule is COc1ccc(CN(C)[C@H]2CN(Cc3cccc(CN4CCOCC4)c3)C[C@@H]2O)cc1. The lowest BCUT2D eigenvalue weighted by atomic mass is 10.1. The van der Waals surface area contributed by atoms with Crippen molar-refractivity contribution in [3.63, 3.8) is 0 Å². The minimum atomic E-state index is -0.334. The van der Waals surface area contributed by atoms with Crippen LogP contribution in [0.5, 0.6) is 5.75 Å². The summed E-state index contributed by atoms with van der Waals surface area (Å²) in [5.74, 6) is 0.870. The van der Waals surface area contributed by atoms with Gasteiger partial charge in [0, 0.05) is 51.9 Å². The van der Waals surface area contributed by atoms with Crippen LogP contribution < -0.4 is 4.74 Å². The lowest BCUT2D eigenvalue weighted by molar-refractivity contribution is 0.0342. The third kappa shape index (κ3) is 6.05. The number of ether oxygens (including phenoxy) is 2. The van der Waals surface area contributed by atoms with Gasteiger partial charge in [-0.2, -0.15) is 0 Å². The Balaban J connectivity index is 1.31. The second kappa shape index (κ2) is 10.6. The van der Waals surface area contributed by atoms with Gasteiger partial charge in [0.1, 0.15) is 5.75 Å². The monoisotopic (exact) mass is 425 g/mol. The predicted molar refractivity (Wildman–Crippen MR) is 122 cm³/mol. The highest BCUT2D eigenvalue weighted by Gasteiger charge is 2.33. The molecule has 2 atom stereocenters. The summed E-state index contributed by atoms with van der Waals surface area (Å²) in [6.45, 7) is 7.93. The van der Waals surface area contributed by atoms with Crippen molar-refractivity contribution in [1.29, 1.82) is 0 Å². The van der Waals surface area contributed by atoms with Crippen LogP contribution in [-0.4, -0.2) is 85.5 Å². The number of hydrogen-bond acceptors (Lipinski definition) is 6. The summed E-state index contributed by atoms with van der Waals surface area (Å²) in [4.78, 5) is 7.08. The van der Waals surface area contributed by atoms with Gasteiger partial charge in [0.25, 0.3) is 0 Å². The molecule has 31 heavy (non-hydrogen) atoms. The number of morpholine rings is 1. The van der Waals surface area contributed by atoms with E-state index >= 15 is 0 Å². The van der Waals surface area contributed by atoms with Gasteiger partial charge in [-0.25, -0.2) is 0 Å². The van der Waals surface area contributed by atoms with Crippen molar-refractivity contribution in [1.82, 2.24) is 14.7 Å². The molecular weight excluding hydrogens is 390 g/mol. The van der Waals surface area contributed by atoms with E-state index in [2.05, 4.69) is 58.1 Å². The van der Waals surface area contributed by atoms with Gasteiger partial charge >= 0.3 is 0 Å². The molecule has 0 aliphatic carbocycles. The molecular formula is C25H35N3O3. The number of aliphatic hydroxyl groups is 1. The van der Waals surface area contributed by atoms with E-state index in [4.69, 9.17) is 9.47 Å². The van der Waals surface area contributed by atoms with E-state index < -0.39 is 0 Å². The molecule has 0 amide bonds. The summed E-state index contributed by atoms with van der Waals surface area (Å²) >= 11 is 0. The molecule has 0 bridgehead atoms. The van der Waals surface area contributed by atoms with Gasteiger partial charge in [-0.15, -0.1) is 0 Å². The third-order valence-corrected chi connectivity index (χ3v) is 6.40. The van der Waals surface area contributed by atoms with E-state index in [1.54, 1.807) is 7.11 Å². The summed E-state index contributed by atoms with van der Waals surface area (Å²) in [5.41, 5.74) is 3.90. The van der Waals surface area contributed by atoms with Crippen LogP contribution in [0, 0.1) is 0 Å². The number of β-amino-alcohol motifs (C(OH)–C–C–N with tert-alkyl or cyclic N) is 1. The van der Waals surface area contributed by atoms with Crippen molar-refractivity contribution >= 4 is 0 Å². The maximum Gasteiger partial charge on any atom is 0.118 e. The second-order valence-corrected chi connectivity index (χ2v) is 8.80. The number of likely N-dealkylation sites (N-methyl/N-ethyl adjacent to an activating group) is 1. The van der Waals surface area contributed by atoms with E-state index in [0.29, 0.717) is 6.54 Å². The quantitative estimate of drug-likeness (QED) is 0.700. The molecule has 1 N–H and O–H groups in total. The molecule has 4 rings (SSSR count). The second-order valence-electron chi connectivity index (χ2n) is 8.80. The van der Waals surface area contributed by atoms with Crippen molar-refractivity contribution in [2.45, 2.75) is 31.8 Å². The van der Waals surface area contributed by atoms with Gasteiger partial charge < -0.3 is 14.6 Å². The number of benzene rings is 2. The van der Waals surface area contributed by atoms with Crippen molar-refractivity contribution in [2.24, 2.45) is 0 Å². The molecule has 2 aromatic carbocycles. The zero-order valence-corrected chi connectivity index (χ0v) is 18.7. The zero-order chi connectivity index (χ0) is 21.6. The molecule has 0 radical (unpaired) electrons. The fraction of sp³-hybridized carbons (Fsp3) is 0.520. The maximum absolute atomic E-state index is 10.7. The molecule has 2 saturated heterocycles. The number of methoxy groups -OCH3 is 1. The van der Waals surface area contributed by atoms with Crippen LogP contribution in [0.25, 0.3) is 0 Å². The molecule has 6 heteroatoms. The molecule has 2 fully saturated rings. The zero-order valence-electron chi connectivity index (χ0n) is 18.7. The summed E-state index contributed by atoms with van der Waals surface area (Å²) in [7, 11) is 3.79. The molecule has 168 valence electrons. The summed E-state index contributed by atoms with van der Waals surface area (Å²) in [6.07, 6.45) is -0.334. The van der Waals surface area contributed by atoms with Crippen LogP contribution in [0.2, 0.25) is 0 Å². The minimum absolute atomic E-state index is 0.138. The molecule has 6 nitrogen and oxygen atoms in total. The predicted octanol–water partition coefficient (Wildman–Crippen LogP) is 2.20. The van der Waals surface area contributed by atoms with Gasteiger partial charge in [0.15, 0.2) is 0 Å². The van der Waals surface area contributed by atoms with Gasteiger partial charge in [0.2, 0.25) is 0 Å². The molecule has 2 aliphatic heterocycles. The lowest BCUT2D eigenvalue weighted by Crippen LogP contribution is -2.40. The fourth-order valence-electron chi connectivity index (χ4n) is 4.65. The number of aliphatic hydroxyl groups excluding tert-OH is 1. The third-order valence-electron chi connectivity index (χ3n) is 6.40. The maximum atomic E-state index is 10.7. The van der Waals surface area contributed by atoms with Gasteiger partial charge in [0.05, 0.1) is 26.4 Å². The Morgan fingerprint density at radius 3 is 2.32 bits per heavy atom. The Bertz CT molecular complexity index is 823. The first kappa shape index (κ1) is 22.2. The Labute approximate surface area is 186 Å². The highest BCUT2D eigenvalue weighted by Crippen LogP contribution is 2.21. The number of nitrogens with zero attached hydrogens (tertiary/aromatic N) is 3. The van der Waals surface area contributed by atoms with E-state index in [-0.39, 0.29) is 12.1 Å². The van der Waals surface area contributed by atoms with Gasteiger partial charge in [-0.1, -0.05) is 36.4 Å². The highest BCUT2D eigenvalue weighted by atomic mass is 16.5. The molecule has 0 aromatic heterocycles. The fourth-order valence-corrected chi connectivity index (χ4v) is 4.65. The van der Waals surface area contributed by atoms with Crippen LogP contribution in [0.15, 0.2) is 48.5 Å². The van der Waals surface area contributed by atoms with Crippen molar-refractivity contribution in [2.75, 3.05) is 53.6 Å². The molecule has 2 aliphatic rings. The van der Waals surface area contributed by atoms with E-state index in [1.165, 1.54) is 16.7 Å². The first-order valence-electron chi connectivity index (χ1n) is 11.2. The van der Waals surface area contributed by atoms with Crippen molar-refractivity contribution in [3.05, 3.63) is 65.2 Å². The Morgan fingerprint density at radius 1 is 0.968 bits per heavy atom. The topological polar surface area (TPSA) is 48.4 Å². The minimum Gasteiger partial charge on any atom is -0.497 e. The lowest BCUT2D eigenvalue weighted by Gasteiger charge is -2.27. The van der Waals surface area contributed by atoms with Gasteiger partial charge in [-0.05, 0) is 35.9 Å². The van der Waals surface area contributed by atoms with Crippen molar-refractivity contribution < 1.29 is 14.6 Å². The van der Waals surface area contributed by atoms with E-state index in [0.717, 1.165) is 58.2 Å². The normalized spacial score (nSPS) is 22.8. The van der Waals surface area contributed by atoms with Crippen LogP contribution in [0.3, 0.4) is 0 Å².